The van der Waals surface area contributed by atoms with Gasteiger partial charge in [0, 0.05) is 29.4 Å². The van der Waals surface area contributed by atoms with Gasteiger partial charge in [0.1, 0.15) is 0 Å². The van der Waals surface area contributed by atoms with Crippen molar-refractivity contribution in [2.75, 3.05) is 6.61 Å². The molecule has 1 aromatic heterocycles. The average molecular weight is 446 g/mol. The van der Waals surface area contributed by atoms with Crippen LogP contribution in [0, 0.1) is 13.8 Å². The summed E-state index contributed by atoms with van der Waals surface area (Å²) in [5.74, 6) is -0.805. The SMILES string of the molecule is Cc1nn(-c2ccccc2)c(C)c1/C=C/C(=O)OCC(=O)N(Cc1ccccc1)C(C)(C)C. The zero-order valence-electron chi connectivity index (χ0n) is 19.9. The number of aryl methyl sites for hydroxylation is 1. The second-order valence-electron chi connectivity index (χ2n) is 8.91. The second-order valence-corrected chi connectivity index (χ2v) is 8.91. The fourth-order valence-electron chi connectivity index (χ4n) is 3.59. The lowest BCUT2D eigenvalue weighted by molar-refractivity contribution is -0.151. The molecule has 0 aliphatic heterocycles. The van der Waals surface area contributed by atoms with E-state index in [9.17, 15) is 9.59 Å². The quantitative estimate of drug-likeness (QED) is 0.384. The van der Waals surface area contributed by atoms with Gasteiger partial charge < -0.3 is 9.64 Å². The molecular weight excluding hydrogens is 414 g/mol. The molecule has 3 rings (SSSR count). The van der Waals surface area contributed by atoms with E-state index in [-0.39, 0.29) is 12.5 Å². The normalized spacial score (nSPS) is 11.5. The summed E-state index contributed by atoms with van der Waals surface area (Å²) in [6.45, 7) is 9.88. The number of aromatic nitrogens is 2. The first-order chi connectivity index (χ1) is 15.7. The van der Waals surface area contributed by atoms with Crippen LogP contribution in [0.15, 0.2) is 66.7 Å². The van der Waals surface area contributed by atoms with E-state index in [2.05, 4.69) is 5.10 Å². The van der Waals surface area contributed by atoms with Crippen LogP contribution in [0.4, 0.5) is 0 Å². The summed E-state index contributed by atoms with van der Waals surface area (Å²) in [6, 6.07) is 19.6. The molecule has 3 aromatic rings. The molecule has 0 saturated heterocycles. The zero-order valence-corrected chi connectivity index (χ0v) is 19.9. The van der Waals surface area contributed by atoms with E-state index >= 15 is 0 Å². The maximum Gasteiger partial charge on any atom is 0.331 e. The number of ether oxygens (including phenoxy) is 1. The molecule has 0 radical (unpaired) electrons. The van der Waals surface area contributed by atoms with Gasteiger partial charge in [-0.2, -0.15) is 5.10 Å². The fraction of sp³-hybridized carbons (Fsp3) is 0.296. The van der Waals surface area contributed by atoms with Crippen molar-refractivity contribution in [3.63, 3.8) is 0 Å². The lowest BCUT2D eigenvalue weighted by Gasteiger charge is -2.35. The number of hydrogen-bond acceptors (Lipinski definition) is 4. The molecule has 0 saturated carbocycles. The van der Waals surface area contributed by atoms with Crippen LogP contribution in [-0.2, 0) is 20.9 Å². The highest BCUT2D eigenvalue weighted by Crippen LogP contribution is 2.20. The Kier molecular flexibility index (Phi) is 7.48. The highest BCUT2D eigenvalue weighted by Gasteiger charge is 2.27. The van der Waals surface area contributed by atoms with E-state index < -0.39 is 11.5 Å². The Morgan fingerprint density at radius 2 is 1.61 bits per heavy atom. The maximum absolute atomic E-state index is 12.9. The van der Waals surface area contributed by atoms with Gasteiger partial charge in [-0.1, -0.05) is 48.5 Å². The lowest BCUT2D eigenvalue weighted by atomic mass is 10.0. The molecule has 0 N–H and O–H groups in total. The molecule has 6 nitrogen and oxygen atoms in total. The van der Waals surface area contributed by atoms with Gasteiger partial charge >= 0.3 is 5.97 Å². The van der Waals surface area contributed by atoms with E-state index in [1.54, 1.807) is 11.0 Å². The molecule has 0 aliphatic carbocycles. The van der Waals surface area contributed by atoms with Crippen LogP contribution in [0.3, 0.4) is 0 Å². The van der Waals surface area contributed by atoms with E-state index in [1.165, 1.54) is 6.08 Å². The molecular formula is C27H31N3O3. The summed E-state index contributed by atoms with van der Waals surface area (Å²) in [6.07, 6.45) is 3.04. The summed E-state index contributed by atoms with van der Waals surface area (Å²) < 4.78 is 7.11. The molecule has 33 heavy (non-hydrogen) atoms. The highest BCUT2D eigenvalue weighted by molar-refractivity contribution is 5.89. The molecule has 6 heteroatoms. The average Bonchev–Trinajstić information content (AvgIpc) is 3.08. The van der Waals surface area contributed by atoms with E-state index in [0.717, 1.165) is 28.2 Å². The molecule has 0 aliphatic rings. The van der Waals surface area contributed by atoms with Crippen molar-refractivity contribution in [3.8, 4) is 5.69 Å². The van der Waals surface area contributed by atoms with Crippen LogP contribution >= 0.6 is 0 Å². The Balaban J connectivity index is 1.65. The van der Waals surface area contributed by atoms with Crippen LogP contribution in [0.2, 0.25) is 0 Å². The van der Waals surface area contributed by atoms with Crippen molar-refractivity contribution in [2.45, 2.75) is 46.7 Å². The van der Waals surface area contributed by atoms with Crippen LogP contribution in [0.25, 0.3) is 11.8 Å². The summed E-state index contributed by atoms with van der Waals surface area (Å²) in [7, 11) is 0. The van der Waals surface area contributed by atoms with Gasteiger partial charge in [0.2, 0.25) is 0 Å². The van der Waals surface area contributed by atoms with Crippen molar-refractivity contribution in [1.82, 2.24) is 14.7 Å². The van der Waals surface area contributed by atoms with Crippen molar-refractivity contribution >= 4 is 18.0 Å². The number of carbonyl (C=O) groups excluding carboxylic acids is 2. The number of carbonyl (C=O) groups is 2. The predicted molar refractivity (Wildman–Crippen MR) is 130 cm³/mol. The van der Waals surface area contributed by atoms with Crippen molar-refractivity contribution in [2.24, 2.45) is 0 Å². The number of nitrogens with zero attached hydrogens (tertiary/aromatic N) is 3. The Hall–Kier alpha value is -3.67. The van der Waals surface area contributed by atoms with Gasteiger partial charge in [0.15, 0.2) is 6.61 Å². The predicted octanol–water partition coefficient (Wildman–Crippen LogP) is 4.87. The Morgan fingerprint density at radius 3 is 2.21 bits per heavy atom. The summed E-state index contributed by atoms with van der Waals surface area (Å²) in [5, 5.41) is 4.58. The third-order valence-corrected chi connectivity index (χ3v) is 5.37. The zero-order chi connectivity index (χ0) is 24.0. The number of esters is 1. The fourth-order valence-corrected chi connectivity index (χ4v) is 3.59. The van der Waals surface area contributed by atoms with Gasteiger partial charge in [0.25, 0.3) is 5.91 Å². The minimum atomic E-state index is -0.566. The van der Waals surface area contributed by atoms with Crippen molar-refractivity contribution in [3.05, 3.63) is 89.3 Å². The van der Waals surface area contributed by atoms with Crippen LogP contribution in [0.5, 0.6) is 0 Å². The van der Waals surface area contributed by atoms with Gasteiger partial charge in [-0.25, -0.2) is 9.48 Å². The minimum absolute atomic E-state index is 0.239. The van der Waals surface area contributed by atoms with Crippen LogP contribution < -0.4 is 0 Å². The lowest BCUT2D eigenvalue weighted by Crippen LogP contribution is -2.46. The summed E-state index contributed by atoms with van der Waals surface area (Å²) in [5.41, 5.74) is 4.14. The first-order valence-corrected chi connectivity index (χ1v) is 11.0. The van der Waals surface area contributed by atoms with Gasteiger partial charge in [-0.15, -0.1) is 0 Å². The number of rotatable bonds is 7. The molecule has 1 amide bonds. The molecule has 2 aromatic carbocycles. The number of para-hydroxylation sites is 1. The number of hydrogen-bond donors (Lipinski definition) is 0. The second kappa shape index (κ2) is 10.3. The molecule has 0 spiro atoms. The first-order valence-electron chi connectivity index (χ1n) is 11.0. The Morgan fingerprint density at radius 1 is 1.00 bits per heavy atom. The van der Waals surface area contributed by atoms with Crippen LogP contribution in [0.1, 0.15) is 43.3 Å². The molecule has 0 fully saturated rings. The van der Waals surface area contributed by atoms with E-state index in [1.807, 2.05) is 100.0 Å². The number of benzene rings is 2. The topological polar surface area (TPSA) is 64.4 Å². The Bertz CT molecular complexity index is 1130. The van der Waals surface area contributed by atoms with Crippen molar-refractivity contribution in [1.29, 1.82) is 0 Å². The molecule has 0 unspecified atom stereocenters. The highest BCUT2D eigenvalue weighted by atomic mass is 16.5. The third kappa shape index (κ3) is 6.19. The smallest absolute Gasteiger partial charge is 0.331 e. The monoisotopic (exact) mass is 445 g/mol. The van der Waals surface area contributed by atoms with Crippen molar-refractivity contribution < 1.29 is 14.3 Å². The van der Waals surface area contributed by atoms with Gasteiger partial charge in [-0.3, -0.25) is 4.79 Å². The molecule has 0 atom stereocenters. The summed E-state index contributed by atoms with van der Waals surface area (Å²) in [4.78, 5) is 26.9. The summed E-state index contributed by atoms with van der Waals surface area (Å²) >= 11 is 0. The number of amides is 1. The Labute approximate surface area is 195 Å². The van der Waals surface area contributed by atoms with E-state index in [4.69, 9.17) is 4.74 Å². The molecule has 0 bridgehead atoms. The van der Waals surface area contributed by atoms with Gasteiger partial charge in [0.05, 0.1) is 11.4 Å². The maximum atomic E-state index is 12.9. The van der Waals surface area contributed by atoms with Gasteiger partial charge in [-0.05, 0) is 58.4 Å². The molecule has 1 heterocycles. The van der Waals surface area contributed by atoms with Crippen LogP contribution in [-0.4, -0.2) is 38.7 Å². The third-order valence-electron chi connectivity index (χ3n) is 5.37. The van der Waals surface area contributed by atoms with E-state index in [0.29, 0.717) is 6.54 Å². The minimum Gasteiger partial charge on any atom is -0.452 e. The molecule has 172 valence electrons. The standard InChI is InChI=1S/C27H31N3O3/c1-20-24(21(2)30(28-20)23-14-10-7-11-15-23)16-17-26(32)33-19-25(31)29(27(3,4)5)18-22-12-8-6-9-13-22/h6-17H,18-19H2,1-5H3/b17-16+. The largest absolute Gasteiger partial charge is 0.452 e. The first kappa shape index (κ1) is 24.0.